The van der Waals surface area contributed by atoms with Crippen LogP contribution >= 0.6 is 0 Å². The highest BCUT2D eigenvalue weighted by molar-refractivity contribution is 5.45. The molecule has 1 aliphatic carbocycles. The largest absolute Gasteiger partial charge is 0.489 e. The van der Waals surface area contributed by atoms with Gasteiger partial charge in [-0.15, -0.1) is 0 Å². The Kier molecular flexibility index (Phi) is 3.40. The standard InChI is InChI=1S/C16H15F2NO/c17-11-5-4-10(14(18)8-11)9-20-16-3-1-2-12-13(16)6-7-15(12)19/h1-5,8,15H,6-7,9,19H2. The monoisotopic (exact) mass is 275 g/mol. The minimum Gasteiger partial charge on any atom is -0.489 e. The van der Waals surface area contributed by atoms with Crippen molar-refractivity contribution in [3.05, 3.63) is 64.7 Å². The molecule has 2 nitrogen and oxygen atoms in total. The summed E-state index contributed by atoms with van der Waals surface area (Å²) >= 11 is 0. The van der Waals surface area contributed by atoms with E-state index in [0.29, 0.717) is 5.56 Å². The summed E-state index contributed by atoms with van der Waals surface area (Å²) in [4.78, 5) is 0. The van der Waals surface area contributed by atoms with E-state index in [4.69, 9.17) is 10.5 Å². The summed E-state index contributed by atoms with van der Waals surface area (Å²) in [6, 6.07) is 9.30. The Morgan fingerprint density at radius 3 is 2.85 bits per heavy atom. The van der Waals surface area contributed by atoms with Crippen LogP contribution in [0.2, 0.25) is 0 Å². The van der Waals surface area contributed by atoms with Gasteiger partial charge in [0.05, 0.1) is 0 Å². The number of nitrogens with two attached hydrogens (primary N) is 1. The Morgan fingerprint density at radius 2 is 2.05 bits per heavy atom. The van der Waals surface area contributed by atoms with Crippen molar-refractivity contribution in [1.29, 1.82) is 0 Å². The van der Waals surface area contributed by atoms with E-state index in [9.17, 15) is 8.78 Å². The van der Waals surface area contributed by atoms with Gasteiger partial charge in [-0.2, -0.15) is 0 Å². The molecule has 0 spiro atoms. The number of hydrogen-bond acceptors (Lipinski definition) is 2. The summed E-state index contributed by atoms with van der Waals surface area (Å²) in [7, 11) is 0. The van der Waals surface area contributed by atoms with Crippen LogP contribution in [0.25, 0.3) is 0 Å². The minimum absolute atomic E-state index is 0.0520. The van der Waals surface area contributed by atoms with Crippen LogP contribution in [-0.2, 0) is 13.0 Å². The van der Waals surface area contributed by atoms with E-state index >= 15 is 0 Å². The summed E-state index contributed by atoms with van der Waals surface area (Å²) in [6.07, 6.45) is 1.78. The summed E-state index contributed by atoms with van der Waals surface area (Å²) < 4.78 is 32.1. The van der Waals surface area contributed by atoms with Crippen molar-refractivity contribution in [3.63, 3.8) is 0 Å². The molecule has 4 heteroatoms. The molecule has 2 aromatic rings. The number of hydrogen-bond donors (Lipinski definition) is 1. The Bertz CT molecular complexity index is 642. The third-order valence-electron chi connectivity index (χ3n) is 3.67. The van der Waals surface area contributed by atoms with Gasteiger partial charge in [0.2, 0.25) is 0 Å². The molecule has 0 heterocycles. The summed E-state index contributed by atoms with van der Waals surface area (Å²) in [5.41, 5.74) is 8.54. The van der Waals surface area contributed by atoms with Gasteiger partial charge in [0, 0.05) is 17.7 Å². The maximum atomic E-state index is 13.5. The fourth-order valence-electron chi connectivity index (χ4n) is 2.58. The topological polar surface area (TPSA) is 35.2 Å². The summed E-state index contributed by atoms with van der Waals surface area (Å²) in [6.45, 7) is 0.0812. The molecule has 1 atom stereocenters. The van der Waals surface area contributed by atoms with Gasteiger partial charge in [-0.05, 0) is 42.2 Å². The van der Waals surface area contributed by atoms with Gasteiger partial charge in [0.1, 0.15) is 24.0 Å². The molecule has 0 amide bonds. The second-order valence-corrected chi connectivity index (χ2v) is 4.99. The van der Waals surface area contributed by atoms with Gasteiger partial charge in [-0.1, -0.05) is 12.1 Å². The van der Waals surface area contributed by atoms with Crippen LogP contribution in [0.1, 0.15) is 29.2 Å². The van der Waals surface area contributed by atoms with Crippen molar-refractivity contribution < 1.29 is 13.5 Å². The van der Waals surface area contributed by atoms with Crippen LogP contribution in [0.3, 0.4) is 0 Å². The first-order chi connectivity index (χ1) is 9.65. The van der Waals surface area contributed by atoms with Crippen LogP contribution in [0, 0.1) is 11.6 Å². The van der Waals surface area contributed by atoms with Gasteiger partial charge < -0.3 is 10.5 Å². The van der Waals surface area contributed by atoms with Crippen molar-refractivity contribution in [1.82, 2.24) is 0 Å². The lowest BCUT2D eigenvalue weighted by Crippen LogP contribution is -2.05. The SMILES string of the molecule is NC1CCc2c(OCc3ccc(F)cc3F)cccc21. The predicted molar refractivity (Wildman–Crippen MR) is 72.4 cm³/mol. The quantitative estimate of drug-likeness (QED) is 0.930. The molecular formula is C16H15F2NO. The molecule has 20 heavy (non-hydrogen) atoms. The van der Waals surface area contributed by atoms with E-state index in [0.717, 1.165) is 35.8 Å². The molecule has 1 unspecified atom stereocenters. The lowest BCUT2D eigenvalue weighted by atomic mass is 10.1. The molecule has 104 valence electrons. The average Bonchev–Trinajstić information content (AvgIpc) is 2.80. The fourth-order valence-corrected chi connectivity index (χ4v) is 2.58. The molecule has 0 fully saturated rings. The van der Waals surface area contributed by atoms with Crippen molar-refractivity contribution in [2.75, 3.05) is 0 Å². The lowest BCUT2D eigenvalue weighted by Gasteiger charge is -2.12. The highest BCUT2D eigenvalue weighted by Crippen LogP contribution is 2.35. The minimum atomic E-state index is -0.589. The molecule has 1 aliphatic rings. The Labute approximate surface area is 116 Å². The highest BCUT2D eigenvalue weighted by atomic mass is 19.1. The molecule has 2 N–H and O–H groups in total. The van der Waals surface area contributed by atoms with Gasteiger partial charge in [0.25, 0.3) is 0 Å². The van der Waals surface area contributed by atoms with Gasteiger partial charge >= 0.3 is 0 Å². The van der Waals surface area contributed by atoms with Crippen LogP contribution in [0.5, 0.6) is 5.75 Å². The molecule has 0 bridgehead atoms. The van der Waals surface area contributed by atoms with Crippen LogP contribution < -0.4 is 10.5 Å². The maximum Gasteiger partial charge on any atom is 0.132 e. The zero-order valence-corrected chi connectivity index (χ0v) is 10.9. The lowest BCUT2D eigenvalue weighted by molar-refractivity contribution is 0.296. The number of rotatable bonds is 3. The van der Waals surface area contributed by atoms with Crippen LogP contribution in [0.15, 0.2) is 36.4 Å². The van der Waals surface area contributed by atoms with E-state index in [1.807, 2.05) is 18.2 Å². The third kappa shape index (κ3) is 2.39. The van der Waals surface area contributed by atoms with Crippen molar-refractivity contribution in [2.24, 2.45) is 5.73 Å². The van der Waals surface area contributed by atoms with Crippen LogP contribution in [0.4, 0.5) is 8.78 Å². The average molecular weight is 275 g/mol. The molecule has 3 rings (SSSR count). The number of benzene rings is 2. The van der Waals surface area contributed by atoms with Crippen molar-refractivity contribution >= 4 is 0 Å². The van der Waals surface area contributed by atoms with Gasteiger partial charge in [-0.25, -0.2) is 8.78 Å². The number of fused-ring (bicyclic) bond motifs is 1. The zero-order chi connectivity index (χ0) is 14.1. The Hall–Kier alpha value is -1.94. The first-order valence-electron chi connectivity index (χ1n) is 6.59. The Balaban J connectivity index is 1.79. The van der Waals surface area contributed by atoms with E-state index in [1.165, 1.54) is 12.1 Å². The van der Waals surface area contributed by atoms with Crippen molar-refractivity contribution in [2.45, 2.75) is 25.5 Å². The normalized spacial score (nSPS) is 17.1. The summed E-state index contributed by atoms with van der Waals surface area (Å²) in [5.74, 6) is -0.439. The summed E-state index contributed by atoms with van der Waals surface area (Å²) in [5, 5.41) is 0. The Morgan fingerprint density at radius 1 is 1.20 bits per heavy atom. The van der Waals surface area contributed by atoms with E-state index in [-0.39, 0.29) is 12.6 Å². The predicted octanol–water partition coefficient (Wildman–Crippen LogP) is 3.49. The molecular weight excluding hydrogens is 260 g/mol. The molecule has 0 saturated carbocycles. The number of halogens is 2. The van der Waals surface area contributed by atoms with Crippen molar-refractivity contribution in [3.8, 4) is 5.75 Å². The fraction of sp³-hybridized carbons (Fsp3) is 0.250. The first-order valence-corrected chi connectivity index (χ1v) is 6.59. The first kappa shape index (κ1) is 13.1. The second kappa shape index (κ2) is 5.21. The van der Waals surface area contributed by atoms with E-state index in [2.05, 4.69) is 0 Å². The van der Waals surface area contributed by atoms with Crippen LogP contribution in [-0.4, -0.2) is 0 Å². The highest BCUT2D eigenvalue weighted by Gasteiger charge is 2.22. The zero-order valence-electron chi connectivity index (χ0n) is 10.9. The molecule has 2 aromatic carbocycles. The molecule has 0 radical (unpaired) electrons. The molecule has 0 saturated heterocycles. The second-order valence-electron chi connectivity index (χ2n) is 4.99. The van der Waals surface area contributed by atoms with Gasteiger partial charge in [-0.3, -0.25) is 0 Å². The third-order valence-corrected chi connectivity index (χ3v) is 3.67. The smallest absolute Gasteiger partial charge is 0.132 e. The van der Waals surface area contributed by atoms with Gasteiger partial charge in [0.15, 0.2) is 0 Å². The molecule has 0 aliphatic heterocycles. The van der Waals surface area contributed by atoms with E-state index in [1.54, 1.807) is 0 Å². The maximum absolute atomic E-state index is 13.5. The van der Waals surface area contributed by atoms with E-state index < -0.39 is 11.6 Å². The molecule has 0 aromatic heterocycles. The number of ether oxygens (including phenoxy) is 1.